The molecule has 3 rings (SSSR count). The number of methoxy groups -OCH3 is 1. The zero-order chi connectivity index (χ0) is 23.8. The number of benzene rings is 2. The molecule has 1 fully saturated rings. The quantitative estimate of drug-likeness (QED) is 0.444. The van der Waals surface area contributed by atoms with Crippen LogP contribution in [0.3, 0.4) is 0 Å². The van der Waals surface area contributed by atoms with Crippen LogP contribution in [0.5, 0.6) is 17.2 Å². The molecule has 1 N–H and O–H groups in total. The smallest absolute Gasteiger partial charge is 0.294 e. The summed E-state index contributed by atoms with van der Waals surface area (Å²) in [6.07, 6.45) is 6.77. The summed E-state index contributed by atoms with van der Waals surface area (Å²) in [6, 6.07) is 11.8. The minimum atomic E-state index is -0.543. The second-order valence-corrected chi connectivity index (χ2v) is 7.67. The molecule has 0 bridgehead atoms. The van der Waals surface area contributed by atoms with E-state index in [2.05, 4.69) is 11.2 Å². The fraction of sp³-hybridized carbons (Fsp3) is 0.208. The first kappa shape index (κ1) is 23.8. The van der Waals surface area contributed by atoms with Gasteiger partial charge in [0.25, 0.3) is 11.1 Å². The van der Waals surface area contributed by atoms with Crippen molar-refractivity contribution in [3.63, 3.8) is 0 Å². The highest BCUT2D eigenvalue weighted by molar-refractivity contribution is 8.18. The number of carbonyl (C=O) groups is 3. The van der Waals surface area contributed by atoms with Crippen LogP contribution >= 0.6 is 11.8 Å². The van der Waals surface area contributed by atoms with Gasteiger partial charge in [0.05, 0.1) is 18.6 Å². The van der Waals surface area contributed by atoms with Crippen LogP contribution in [0.25, 0.3) is 6.08 Å². The van der Waals surface area contributed by atoms with Crippen molar-refractivity contribution >= 4 is 40.6 Å². The van der Waals surface area contributed by atoms with Gasteiger partial charge in [-0.2, -0.15) is 0 Å². The zero-order valence-electron chi connectivity index (χ0n) is 18.1. The molecule has 2 aromatic rings. The van der Waals surface area contributed by atoms with E-state index in [0.717, 1.165) is 16.7 Å². The van der Waals surface area contributed by atoms with Crippen LogP contribution in [0, 0.1) is 12.3 Å². The first-order valence-corrected chi connectivity index (χ1v) is 10.8. The first-order valence-electron chi connectivity index (χ1n) is 9.97. The summed E-state index contributed by atoms with van der Waals surface area (Å²) < 4.78 is 16.1. The Morgan fingerprint density at radius 2 is 1.91 bits per heavy atom. The van der Waals surface area contributed by atoms with Gasteiger partial charge in [-0.15, -0.1) is 6.42 Å². The Kier molecular flexibility index (Phi) is 8.00. The number of amides is 3. The number of hydrogen-bond acceptors (Lipinski definition) is 7. The molecule has 0 saturated carbocycles. The lowest BCUT2D eigenvalue weighted by molar-refractivity contribution is -0.127. The SMILES string of the molecule is C#CCOc1ccc(C=C2SC(=O)N(CC(=O)Nc3ccc(OCC)cc3)C2=O)cc1OC. The molecule has 9 heteroatoms. The molecule has 33 heavy (non-hydrogen) atoms. The van der Waals surface area contributed by atoms with Gasteiger partial charge in [-0.05, 0) is 66.7 Å². The number of nitrogens with zero attached hydrogens (tertiary/aromatic N) is 1. The molecule has 1 heterocycles. The van der Waals surface area contributed by atoms with Crippen LogP contribution in [0.1, 0.15) is 12.5 Å². The summed E-state index contributed by atoms with van der Waals surface area (Å²) in [6.45, 7) is 2.11. The molecular weight excluding hydrogens is 444 g/mol. The van der Waals surface area contributed by atoms with Gasteiger partial charge in [-0.3, -0.25) is 19.3 Å². The van der Waals surface area contributed by atoms with Gasteiger partial charge in [0.15, 0.2) is 11.5 Å². The lowest BCUT2D eigenvalue weighted by atomic mass is 10.2. The molecule has 1 saturated heterocycles. The van der Waals surface area contributed by atoms with E-state index in [4.69, 9.17) is 20.6 Å². The van der Waals surface area contributed by atoms with Gasteiger partial charge in [-0.1, -0.05) is 12.0 Å². The van der Waals surface area contributed by atoms with Crippen molar-refractivity contribution in [1.29, 1.82) is 0 Å². The highest BCUT2D eigenvalue weighted by atomic mass is 32.2. The molecule has 0 aliphatic carbocycles. The van der Waals surface area contributed by atoms with Gasteiger partial charge in [-0.25, -0.2) is 0 Å². The molecule has 8 nitrogen and oxygen atoms in total. The molecule has 170 valence electrons. The zero-order valence-corrected chi connectivity index (χ0v) is 18.9. The number of hydrogen-bond donors (Lipinski definition) is 1. The van der Waals surface area contributed by atoms with Gasteiger partial charge < -0.3 is 19.5 Å². The Morgan fingerprint density at radius 1 is 1.15 bits per heavy atom. The summed E-state index contributed by atoms with van der Waals surface area (Å²) in [5.41, 5.74) is 1.16. The standard InChI is InChI=1S/C24H22N2O6S/c1-4-12-32-19-11-6-16(13-20(19)30-3)14-21-23(28)26(24(29)33-21)15-22(27)25-17-7-9-18(10-8-17)31-5-2/h1,6-11,13-14H,5,12,15H2,2-3H3,(H,25,27). The number of imide groups is 1. The predicted molar refractivity (Wildman–Crippen MR) is 126 cm³/mol. The van der Waals surface area contributed by atoms with Crippen LogP contribution < -0.4 is 19.5 Å². The number of thioether (sulfide) groups is 1. The van der Waals surface area contributed by atoms with Gasteiger partial charge in [0.2, 0.25) is 5.91 Å². The van der Waals surface area contributed by atoms with E-state index < -0.39 is 23.6 Å². The average Bonchev–Trinajstić information content (AvgIpc) is 3.06. The molecule has 0 atom stereocenters. The number of ether oxygens (including phenoxy) is 3. The minimum absolute atomic E-state index is 0.0906. The number of terminal acetylenes is 1. The molecule has 0 spiro atoms. The topological polar surface area (TPSA) is 94.2 Å². The van der Waals surface area contributed by atoms with E-state index in [-0.39, 0.29) is 11.5 Å². The Labute approximate surface area is 195 Å². The molecule has 2 aromatic carbocycles. The largest absolute Gasteiger partial charge is 0.494 e. The van der Waals surface area contributed by atoms with Crippen LogP contribution in [-0.4, -0.2) is 48.8 Å². The van der Waals surface area contributed by atoms with E-state index >= 15 is 0 Å². The van der Waals surface area contributed by atoms with Crippen molar-refractivity contribution in [2.45, 2.75) is 6.92 Å². The summed E-state index contributed by atoms with van der Waals surface area (Å²) in [5.74, 6) is 2.93. The van der Waals surface area contributed by atoms with Gasteiger partial charge in [0, 0.05) is 5.69 Å². The second-order valence-electron chi connectivity index (χ2n) is 6.68. The Hall–Kier alpha value is -3.90. The Balaban J connectivity index is 1.67. The normalized spacial score (nSPS) is 14.2. The third-order valence-electron chi connectivity index (χ3n) is 4.42. The Bertz CT molecular complexity index is 1120. The third kappa shape index (κ3) is 6.08. The lowest BCUT2D eigenvalue weighted by Gasteiger charge is -2.13. The monoisotopic (exact) mass is 466 g/mol. The first-order chi connectivity index (χ1) is 15.9. The van der Waals surface area contributed by atoms with Crippen LogP contribution in [0.15, 0.2) is 47.4 Å². The van der Waals surface area contributed by atoms with E-state index in [1.54, 1.807) is 48.5 Å². The number of rotatable bonds is 9. The number of carbonyl (C=O) groups excluding carboxylic acids is 3. The number of nitrogens with one attached hydrogen (secondary N) is 1. The maximum atomic E-state index is 12.7. The van der Waals surface area contributed by atoms with Crippen molar-refractivity contribution in [3.05, 3.63) is 52.9 Å². The number of anilines is 1. The summed E-state index contributed by atoms with van der Waals surface area (Å²) >= 11 is 0.767. The molecule has 0 unspecified atom stereocenters. The molecule has 0 aromatic heterocycles. The summed E-state index contributed by atoms with van der Waals surface area (Å²) in [5, 5.41) is 2.15. The van der Waals surface area contributed by atoms with Crippen LogP contribution in [0.2, 0.25) is 0 Å². The molecule has 1 aliphatic rings. The van der Waals surface area contributed by atoms with Crippen molar-refractivity contribution in [2.24, 2.45) is 0 Å². The second kappa shape index (κ2) is 11.1. The van der Waals surface area contributed by atoms with Gasteiger partial charge >= 0.3 is 0 Å². The summed E-state index contributed by atoms with van der Waals surface area (Å²) in [4.78, 5) is 38.6. The fourth-order valence-electron chi connectivity index (χ4n) is 2.95. The Morgan fingerprint density at radius 3 is 2.58 bits per heavy atom. The van der Waals surface area contributed by atoms with Crippen LogP contribution in [-0.2, 0) is 9.59 Å². The minimum Gasteiger partial charge on any atom is -0.494 e. The van der Waals surface area contributed by atoms with E-state index in [1.165, 1.54) is 7.11 Å². The van der Waals surface area contributed by atoms with Crippen molar-refractivity contribution in [2.75, 3.05) is 32.2 Å². The van der Waals surface area contributed by atoms with Gasteiger partial charge in [0.1, 0.15) is 18.9 Å². The maximum absolute atomic E-state index is 12.7. The van der Waals surface area contributed by atoms with E-state index in [1.807, 2.05) is 6.92 Å². The summed E-state index contributed by atoms with van der Waals surface area (Å²) in [7, 11) is 1.48. The highest BCUT2D eigenvalue weighted by Crippen LogP contribution is 2.34. The molecular formula is C24H22N2O6S. The fourth-order valence-corrected chi connectivity index (χ4v) is 3.78. The van der Waals surface area contributed by atoms with Crippen LogP contribution in [0.4, 0.5) is 10.5 Å². The van der Waals surface area contributed by atoms with Crippen molar-refractivity contribution in [3.8, 4) is 29.6 Å². The van der Waals surface area contributed by atoms with Crippen molar-refractivity contribution in [1.82, 2.24) is 4.90 Å². The lowest BCUT2D eigenvalue weighted by Crippen LogP contribution is -2.36. The molecule has 1 aliphatic heterocycles. The average molecular weight is 467 g/mol. The maximum Gasteiger partial charge on any atom is 0.294 e. The van der Waals surface area contributed by atoms with E-state index in [0.29, 0.717) is 35.1 Å². The molecule has 0 radical (unpaired) electrons. The highest BCUT2D eigenvalue weighted by Gasteiger charge is 2.36. The third-order valence-corrected chi connectivity index (χ3v) is 5.33. The van der Waals surface area contributed by atoms with Crippen molar-refractivity contribution < 1.29 is 28.6 Å². The predicted octanol–water partition coefficient (Wildman–Crippen LogP) is 3.78. The van der Waals surface area contributed by atoms with E-state index in [9.17, 15) is 14.4 Å². The molecule has 3 amide bonds.